The number of rotatable bonds is 10. The van der Waals surface area contributed by atoms with Gasteiger partial charge >= 0.3 is 0 Å². The molecule has 3 heterocycles. The number of nitrogens with one attached hydrogen (secondary N) is 1. The van der Waals surface area contributed by atoms with E-state index in [0.29, 0.717) is 11.7 Å². The first-order valence-electron chi connectivity index (χ1n) is 9.73. The van der Waals surface area contributed by atoms with Crippen LogP contribution >= 0.6 is 11.8 Å². The number of anilines is 1. The van der Waals surface area contributed by atoms with Gasteiger partial charge in [0.25, 0.3) is 0 Å². The molecule has 0 spiro atoms. The number of H-pyrrole nitrogens is 1. The van der Waals surface area contributed by atoms with Gasteiger partial charge < -0.3 is 15.8 Å². The highest BCUT2D eigenvalue weighted by atomic mass is 32.2. The number of hydrogen-bond donors (Lipinski definition) is 3. The van der Waals surface area contributed by atoms with Crippen molar-refractivity contribution in [3.8, 4) is 0 Å². The number of fused-ring (bicyclic) bond motifs is 1. The molecule has 144 valence electrons. The molecule has 0 saturated carbocycles. The van der Waals surface area contributed by atoms with Gasteiger partial charge in [0.1, 0.15) is 11.8 Å². The lowest BCUT2D eigenvalue weighted by molar-refractivity contribution is 0.140. The summed E-state index contributed by atoms with van der Waals surface area (Å²) in [5.41, 5.74) is 8.70. The molecule has 0 unspecified atom stereocenters. The van der Waals surface area contributed by atoms with E-state index in [4.69, 9.17) is 5.73 Å². The highest BCUT2D eigenvalue weighted by Crippen LogP contribution is 2.26. The third kappa shape index (κ3) is 4.90. The maximum absolute atomic E-state index is 10.4. The summed E-state index contributed by atoms with van der Waals surface area (Å²) < 4.78 is 0. The molecular weight excluding hydrogens is 346 g/mol. The van der Waals surface area contributed by atoms with Crippen LogP contribution < -0.4 is 5.73 Å². The van der Waals surface area contributed by atoms with E-state index < -0.39 is 0 Å². The zero-order valence-electron chi connectivity index (χ0n) is 15.7. The van der Waals surface area contributed by atoms with Crippen molar-refractivity contribution in [1.82, 2.24) is 19.9 Å². The van der Waals surface area contributed by atoms with Crippen molar-refractivity contribution in [3.05, 3.63) is 18.1 Å². The summed E-state index contributed by atoms with van der Waals surface area (Å²) in [6.07, 6.45) is 9.66. The van der Waals surface area contributed by atoms with Crippen molar-refractivity contribution in [2.75, 3.05) is 30.3 Å². The number of nitrogens with zero attached hydrogens (tertiary/aromatic N) is 3. The summed E-state index contributed by atoms with van der Waals surface area (Å²) in [7, 11) is 0. The molecule has 4 N–H and O–H groups in total. The SMILES string of the molecule is CCCCCCSCC[C@H]1CN(Cc2c[nH]c3c(N)ncnc23)C[C@@H]1O. The number of unbranched alkanes of at least 4 members (excludes halogenated alkanes) is 3. The van der Waals surface area contributed by atoms with Gasteiger partial charge in [-0.25, -0.2) is 9.97 Å². The van der Waals surface area contributed by atoms with Crippen molar-refractivity contribution in [2.45, 2.75) is 51.7 Å². The molecule has 2 aromatic rings. The van der Waals surface area contributed by atoms with Crippen molar-refractivity contribution < 1.29 is 5.11 Å². The van der Waals surface area contributed by atoms with E-state index >= 15 is 0 Å². The Balaban J connectivity index is 1.44. The molecule has 3 rings (SSSR count). The minimum atomic E-state index is -0.222. The van der Waals surface area contributed by atoms with Gasteiger partial charge in [0, 0.05) is 31.4 Å². The Hall–Kier alpha value is -1.31. The lowest BCUT2D eigenvalue weighted by Gasteiger charge is -2.15. The summed E-state index contributed by atoms with van der Waals surface area (Å²) in [4.78, 5) is 13.9. The lowest BCUT2D eigenvalue weighted by atomic mass is 10.0. The van der Waals surface area contributed by atoms with E-state index in [1.165, 1.54) is 37.8 Å². The zero-order valence-corrected chi connectivity index (χ0v) is 16.5. The van der Waals surface area contributed by atoms with Gasteiger partial charge in [-0.2, -0.15) is 11.8 Å². The van der Waals surface area contributed by atoms with Gasteiger partial charge in [-0.1, -0.05) is 26.2 Å². The largest absolute Gasteiger partial charge is 0.391 e. The first-order chi connectivity index (χ1) is 12.7. The number of aliphatic hydroxyl groups is 1. The first-order valence-corrected chi connectivity index (χ1v) is 10.9. The molecule has 2 atom stereocenters. The smallest absolute Gasteiger partial charge is 0.151 e. The molecular formula is C19H31N5OS. The summed E-state index contributed by atoms with van der Waals surface area (Å²) in [5, 5.41) is 10.4. The number of nitrogen functional groups attached to an aromatic ring is 1. The monoisotopic (exact) mass is 377 g/mol. The predicted octanol–water partition coefficient (Wildman–Crippen LogP) is 3.04. The zero-order chi connectivity index (χ0) is 18.4. The fourth-order valence-corrected chi connectivity index (χ4v) is 4.78. The molecule has 1 aliphatic heterocycles. The minimum absolute atomic E-state index is 0.222. The Morgan fingerprint density at radius 3 is 3.00 bits per heavy atom. The molecule has 0 radical (unpaired) electrons. The van der Waals surface area contributed by atoms with Crippen LogP contribution in [0.4, 0.5) is 5.82 Å². The molecule has 7 heteroatoms. The molecule has 6 nitrogen and oxygen atoms in total. The fourth-order valence-electron chi connectivity index (χ4n) is 3.70. The average Bonchev–Trinajstić information content (AvgIpc) is 3.19. The van der Waals surface area contributed by atoms with Crippen molar-refractivity contribution in [1.29, 1.82) is 0 Å². The Morgan fingerprint density at radius 1 is 1.27 bits per heavy atom. The van der Waals surface area contributed by atoms with E-state index in [2.05, 4.69) is 26.8 Å². The van der Waals surface area contributed by atoms with Crippen LogP contribution in [0.2, 0.25) is 0 Å². The van der Waals surface area contributed by atoms with Crippen molar-refractivity contribution in [3.63, 3.8) is 0 Å². The van der Waals surface area contributed by atoms with Crippen molar-refractivity contribution >= 4 is 28.6 Å². The van der Waals surface area contributed by atoms with E-state index in [0.717, 1.165) is 48.4 Å². The van der Waals surface area contributed by atoms with E-state index in [-0.39, 0.29) is 6.10 Å². The topological polar surface area (TPSA) is 91.1 Å². The van der Waals surface area contributed by atoms with E-state index in [9.17, 15) is 5.11 Å². The number of aliphatic hydroxyl groups excluding tert-OH is 1. The van der Waals surface area contributed by atoms with Gasteiger partial charge in [-0.15, -0.1) is 0 Å². The van der Waals surface area contributed by atoms with Gasteiger partial charge in [0.2, 0.25) is 0 Å². The third-order valence-electron chi connectivity index (χ3n) is 5.22. The third-order valence-corrected chi connectivity index (χ3v) is 6.32. The van der Waals surface area contributed by atoms with Crippen LogP contribution in [0.5, 0.6) is 0 Å². The second-order valence-electron chi connectivity index (χ2n) is 7.28. The normalized spacial score (nSPS) is 21.0. The number of nitrogens with two attached hydrogens (primary N) is 1. The molecule has 0 aromatic carbocycles. The highest BCUT2D eigenvalue weighted by molar-refractivity contribution is 7.99. The fraction of sp³-hybridized carbons (Fsp3) is 0.684. The van der Waals surface area contributed by atoms with Crippen LogP contribution in [0.3, 0.4) is 0 Å². The Labute approximate surface area is 160 Å². The molecule has 0 aliphatic carbocycles. The number of β-amino-alcohol motifs (C(OH)–C–C–N with tert-alkyl or cyclic N) is 1. The van der Waals surface area contributed by atoms with Crippen LogP contribution in [0.15, 0.2) is 12.5 Å². The minimum Gasteiger partial charge on any atom is -0.391 e. The molecule has 1 aliphatic rings. The van der Waals surface area contributed by atoms with Crippen LogP contribution in [-0.2, 0) is 6.54 Å². The van der Waals surface area contributed by atoms with Crippen LogP contribution in [0.25, 0.3) is 11.0 Å². The number of hydrogen-bond acceptors (Lipinski definition) is 6. The second-order valence-corrected chi connectivity index (χ2v) is 8.50. The second kappa shape index (κ2) is 9.58. The number of aromatic amines is 1. The van der Waals surface area contributed by atoms with Crippen LogP contribution in [0, 0.1) is 5.92 Å². The standard InChI is InChI=1S/C19H31N5OS/c1-2-3-4-5-7-26-8-6-14-10-24(12-16(14)25)11-15-9-21-18-17(15)22-13-23-19(18)20/h9,13-14,16,21,25H,2-8,10-12H2,1H3,(H2,20,22,23)/t14-,16-/m0/s1. The van der Waals surface area contributed by atoms with E-state index in [1.54, 1.807) is 0 Å². The molecule has 1 fully saturated rings. The Kier molecular flexibility index (Phi) is 7.16. The lowest BCUT2D eigenvalue weighted by Crippen LogP contribution is -2.21. The molecule has 0 bridgehead atoms. The predicted molar refractivity (Wildman–Crippen MR) is 109 cm³/mol. The number of aromatic nitrogens is 3. The number of likely N-dealkylation sites (tertiary alicyclic amines) is 1. The number of thioether (sulfide) groups is 1. The average molecular weight is 378 g/mol. The molecule has 0 amide bonds. The highest BCUT2D eigenvalue weighted by Gasteiger charge is 2.31. The summed E-state index contributed by atoms with van der Waals surface area (Å²) in [6, 6.07) is 0. The van der Waals surface area contributed by atoms with Gasteiger partial charge in [0.15, 0.2) is 5.82 Å². The van der Waals surface area contributed by atoms with E-state index in [1.807, 2.05) is 18.0 Å². The summed E-state index contributed by atoms with van der Waals surface area (Å²) >= 11 is 2.04. The Bertz CT molecular complexity index is 692. The quantitative estimate of drug-likeness (QED) is 0.551. The van der Waals surface area contributed by atoms with Gasteiger partial charge in [-0.05, 0) is 30.3 Å². The van der Waals surface area contributed by atoms with Gasteiger partial charge in [0.05, 0.1) is 11.6 Å². The summed E-state index contributed by atoms with van der Waals surface area (Å²) in [5.74, 6) is 3.27. The molecule has 1 saturated heterocycles. The molecule has 26 heavy (non-hydrogen) atoms. The maximum atomic E-state index is 10.4. The Morgan fingerprint density at radius 2 is 2.15 bits per heavy atom. The van der Waals surface area contributed by atoms with Gasteiger partial charge in [-0.3, -0.25) is 4.90 Å². The summed E-state index contributed by atoms with van der Waals surface area (Å²) in [6.45, 7) is 4.72. The van der Waals surface area contributed by atoms with Crippen molar-refractivity contribution in [2.24, 2.45) is 5.92 Å². The van der Waals surface area contributed by atoms with Crippen LogP contribution in [0.1, 0.15) is 44.6 Å². The van der Waals surface area contributed by atoms with Crippen LogP contribution in [-0.4, -0.2) is 55.7 Å². The first kappa shape index (κ1) is 19.5. The maximum Gasteiger partial charge on any atom is 0.151 e. The molecule has 2 aromatic heterocycles.